The SMILES string of the molecule is CCc1c(-c2ccc3cc[nH]c3c2)nc(OCc2ccccc2)c(C(=O)OCc2ccccc2)c1OCc1ccccc1. The van der Waals surface area contributed by atoms with Crippen molar-refractivity contribution in [2.24, 2.45) is 0 Å². The first-order chi connectivity index (χ1) is 21.2. The highest BCUT2D eigenvalue weighted by atomic mass is 16.5. The number of hydrogen-bond donors (Lipinski definition) is 1. The molecule has 2 heterocycles. The summed E-state index contributed by atoms with van der Waals surface area (Å²) in [5, 5.41) is 1.10. The van der Waals surface area contributed by atoms with E-state index < -0.39 is 5.97 Å². The molecule has 6 heteroatoms. The molecule has 6 aromatic rings. The highest BCUT2D eigenvalue weighted by molar-refractivity contribution is 5.97. The highest BCUT2D eigenvalue weighted by Crippen LogP contribution is 2.40. The molecule has 0 amide bonds. The summed E-state index contributed by atoms with van der Waals surface area (Å²) in [6, 6.07) is 37.5. The fraction of sp³-hybridized carbons (Fsp3) is 0.135. The van der Waals surface area contributed by atoms with Crippen LogP contribution < -0.4 is 9.47 Å². The first kappa shape index (κ1) is 27.8. The molecule has 0 unspecified atom stereocenters. The van der Waals surface area contributed by atoms with E-state index in [1.54, 1.807) is 0 Å². The molecular formula is C37H32N2O4. The fourth-order valence-corrected chi connectivity index (χ4v) is 5.04. The number of nitrogens with one attached hydrogen (secondary N) is 1. The second-order valence-electron chi connectivity index (χ2n) is 10.2. The third kappa shape index (κ3) is 6.44. The molecule has 0 radical (unpaired) electrons. The zero-order chi connectivity index (χ0) is 29.4. The quantitative estimate of drug-likeness (QED) is 0.159. The van der Waals surface area contributed by atoms with Crippen molar-refractivity contribution in [3.63, 3.8) is 0 Å². The summed E-state index contributed by atoms with van der Waals surface area (Å²) in [4.78, 5) is 22.2. The molecule has 2 aromatic heterocycles. The summed E-state index contributed by atoms with van der Waals surface area (Å²) in [6.45, 7) is 2.64. The molecule has 0 atom stereocenters. The van der Waals surface area contributed by atoms with Gasteiger partial charge in [-0.15, -0.1) is 0 Å². The highest BCUT2D eigenvalue weighted by Gasteiger charge is 2.29. The van der Waals surface area contributed by atoms with Gasteiger partial charge in [0.15, 0.2) is 5.56 Å². The molecule has 6 nitrogen and oxygen atoms in total. The van der Waals surface area contributed by atoms with E-state index in [4.69, 9.17) is 19.2 Å². The van der Waals surface area contributed by atoms with Gasteiger partial charge in [0.2, 0.25) is 5.88 Å². The van der Waals surface area contributed by atoms with Gasteiger partial charge in [0.05, 0.1) is 5.69 Å². The van der Waals surface area contributed by atoms with Gasteiger partial charge in [-0.1, -0.05) is 110 Å². The summed E-state index contributed by atoms with van der Waals surface area (Å²) in [5.41, 5.74) is 6.39. The van der Waals surface area contributed by atoms with E-state index in [2.05, 4.69) is 17.1 Å². The van der Waals surface area contributed by atoms with Crippen LogP contribution in [0, 0.1) is 0 Å². The number of carbonyl (C=O) groups is 1. The number of rotatable bonds is 11. The lowest BCUT2D eigenvalue weighted by atomic mass is 9.99. The number of ether oxygens (including phenoxy) is 3. The van der Waals surface area contributed by atoms with E-state index in [-0.39, 0.29) is 31.3 Å². The Kier molecular flexibility index (Phi) is 8.46. The number of pyridine rings is 1. The summed E-state index contributed by atoms with van der Waals surface area (Å²) < 4.78 is 18.7. The Bertz CT molecular complexity index is 1820. The summed E-state index contributed by atoms with van der Waals surface area (Å²) in [7, 11) is 0. The third-order valence-corrected chi connectivity index (χ3v) is 7.26. The van der Waals surface area contributed by atoms with Crippen molar-refractivity contribution in [3.8, 4) is 22.9 Å². The van der Waals surface area contributed by atoms with Crippen LogP contribution in [0.15, 0.2) is 121 Å². The Labute approximate surface area is 250 Å². The zero-order valence-electron chi connectivity index (χ0n) is 24.0. The monoisotopic (exact) mass is 568 g/mol. The number of hydrogen-bond acceptors (Lipinski definition) is 5. The van der Waals surface area contributed by atoms with Crippen LogP contribution in [0.3, 0.4) is 0 Å². The molecule has 1 N–H and O–H groups in total. The molecule has 6 rings (SSSR count). The first-order valence-electron chi connectivity index (χ1n) is 14.4. The largest absolute Gasteiger partial charge is 0.487 e. The molecule has 43 heavy (non-hydrogen) atoms. The van der Waals surface area contributed by atoms with E-state index in [0.717, 1.165) is 38.7 Å². The van der Waals surface area contributed by atoms with Gasteiger partial charge >= 0.3 is 5.97 Å². The molecule has 0 fully saturated rings. The van der Waals surface area contributed by atoms with Crippen LogP contribution in [0.4, 0.5) is 0 Å². The van der Waals surface area contributed by atoms with Gasteiger partial charge in [0.25, 0.3) is 0 Å². The minimum atomic E-state index is -0.552. The lowest BCUT2D eigenvalue weighted by Gasteiger charge is -2.21. The molecule has 0 bridgehead atoms. The van der Waals surface area contributed by atoms with Gasteiger partial charge in [0, 0.05) is 22.8 Å². The van der Waals surface area contributed by atoms with E-state index in [1.807, 2.05) is 116 Å². The average Bonchev–Trinajstić information content (AvgIpc) is 3.54. The van der Waals surface area contributed by atoms with Gasteiger partial charge in [-0.3, -0.25) is 0 Å². The summed E-state index contributed by atoms with van der Waals surface area (Å²) in [5.74, 6) is 0.0383. The van der Waals surface area contributed by atoms with E-state index >= 15 is 0 Å². The van der Waals surface area contributed by atoms with Crippen molar-refractivity contribution in [1.29, 1.82) is 0 Å². The van der Waals surface area contributed by atoms with Crippen LogP contribution in [-0.2, 0) is 31.0 Å². The predicted molar refractivity (Wildman–Crippen MR) is 168 cm³/mol. The Balaban J connectivity index is 1.47. The number of H-pyrrole nitrogens is 1. The number of aromatic amines is 1. The van der Waals surface area contributed by atoms with Gasteiger partial charge < -0.3 is 19.2 Å². The van der Waals surface area contributed by atoms with E-state index in [1.165, 1.54) is 0 Å². The smallest absolute Gasteiger partial charge is 0.347 e. The van der Waals surface area contributed by atoms with Crippen molar-refractivity contribution < 1.29 is 19.0 Å². The molecule has 214 valence electrons. The van der Waals surface area contributed by atoms with Crippen molar-refractivity contribution in [3.05, 3.63) is 149 Å². The maximum Gasteiger partial charge on any atom is 0.347 e. The van der Waals surface area contributed by atoms with Gasteiger partial charge in [-0.05, 0) is 40.6 Å². The van der Waals surface area contributed by atoms with Crippen LogP contribution in [0.1, 0.15) is 39.5 Å². The first-order valence-corrected chi connectivity index (χ1v) is 14.4. The number of esters is 1. The summed E-state index contributed by atoms with van der Waals surface area (Å²) >= 11 is 0. The Morgan fingerprint density at radius 3 is 1.95 bits per heavy atom. The van der Waals surface area contributed by atoms with Crippen molar-refractivity contribution >= 4 is 16.9 Å². The number of benzene rings is 4. The number of aromatic nitrogens is 2. The lowest BCUT2D eigenvalue weighted by molar-refractivity contribution is 0.0460. The van der Waals surface area contributed by atoms with Crippen LogP contribution in [0.25, 0.3) is 22.2 Å². The number of fused-ring (bicyclic) bond motifs is 1. The molecule has 0 aliphatic rings. The van der Waals surface area contributed by atoms with Crippen molar-refractivity contribution in [2.75, 3.05) is 0 Å². The number of carbonyl (C=O) groups excluding carboxylic acids is 1. The van der Waals surface area contributed by atoms with Crippen LogP contribution >= 0.6 is 0 Å². The van der Waals surface area contributed by atoms with Crippen molar-refractivity contribution in [2.45, 2.75) is 33.2 Å². The normalized spacial score (nSPS) is 10.9. The molecule has 0 spiro atoms. The Morgan fingerprint density at radius 1 is 0.721 bits per heavy atom. The molecule has 4 aromatic carbocycles. The number of nitrogens with zero attached hydrogens (tertiary/aromatic N) is 1. The van der Waals surface area contributed by atoms with Crippen LogP contribution in [0.5, 0.6) is 11.6 Å². The fourth-order valence-electron chi connectivity index (χ4n) is 5.04. The maximum atomic E-state index is 13.9. The molecule has 0 saturated heterocycles. The zero-order valence-corrected chi connectivity index (χ0v) is 24.0. The van der Waals surface area contributed by atoms with Gasteiger partial charge in [-0.2, -0.15) is 0 Å². The maximum absolute atomic E-state index is 13.9. The van der Waals surface area contributed by atoms with E-state index in [0.29, 0.717) is 17.9 Å². The standard InChI is InChI=1S/C37H32N2O4/c1-2-31-34(30-19-18-29-20-21-38-32(29)22-30)39-36(42-24-27-14-8-4-9-15-27)33(35(31)41-23-26-12-6-3-7-13-26)37(40)43-25-28-16-10-5-11-17-28/h3-22,38H,2,23-25H2,1H3. The molecule has 0 aliphatic carbocycles. The topological polar surface area (TPSA) is 73.4 Å². The second kappa shape index (κ2) is 13.1. The predicted octanol–water partition coefficient (Wildman–Crippen LogP) is 8.31. The van der Waals surface area contributed by atoms with Crippen LogP contribution in [0.2, 0.25) is 0 Å². The molecular weight excluding hydrogens is 536 g/mol. The van der Waals surface area contributed by atoms with Gasteiger partial charge in [0.1, 0.15) is 25.6 Å². The third-order valence-electron chi connectivity index (χ3n) is 7.26. The van der Waals surface area contributed by atoms with E-state index in [9.17, 15) is 4.79 Å². The summed E-state index contributed by atoms with van der Waals surface area (Å²) in [6.07, 6.45) is 2.49. The molecule has 0 aliphatic heterocycles. The Morgan fingerprint density at radius 2 is 1.33 bits per heavy atom. The van der Waals surface area contributed by atoms with Crippen molar-refractivity contribution in [1.82, 2.24) is 9.97 Å². The minimum absolute atomic E-state index is 0.114. The van der Waals surface area contributed by atoms with Crippen LogP contribution in [-0.4, -0.2) is 15.9 Å². The minimum Gasteiger partial charge on any atom is -0.487 e. The lowest BCUT2D eigenvalue weighted by Crippen LogP contribution is -2.15. The second-order valence-corrected chi connectivity index (χ2v) is 10.2. The van der Waals surface area contributed by atoms with Gasteiger partial charge in [-0.25, -0.2) is 9.78 Å². The Hall–Kier alpha value is -5.36. The average molecular weight is 569 g/mol. The molecule has 0 saturated carbocycles.